The van der Waals surface area contributed by atoms with Gasteiger partial charge in [0, 0.05) is 37.4 Å². The molecule has 1 aliphatic carbocycles. The van der Waals surface area contributed by atoms with Gasteiger partial charge in [0.2, 0.25) is 5.91 Å². The number of piperidine rings is 1. The summed E-state index contributed by atoms with van der Waals surface area (Å²) >= 11 is 6.48. The molecular weight excluding hydrogens is 470 g/mol. The molecule has 1 saturated heterocycles. The second kappa shape index (κ2) is 8.30. The van der Waals surface area contributed by atoms with Crippen molar-refractivity contribution in [1.82, 2.24) is 24.8 Å². The summed E-state index contributed by atoms with van der Waals surface area (Å²) in [6.45, 7) is 9.82. The average molecular weight is 500 g/mol. The summed E-state index contributed by atoms with van der Waals surface area (Å²) in [6.07, 6.45) is 4.23. The van der Waals surface area contributed by atoms with Gasteiger partial charge in [-0.05, 0) is 52.2 Å². The van der Waals surface area contributed by atoms with E-state index < -0.39 is 5.66 Å². The average Bonchev–Trinajstić information content (AvgIpc) is 3.59. The van der Waals surface area contributed by atoms with Crippen LogP contribution in [0.2, 0.25) is 5.02 Å². The monoisotopic (exact) mass is 499 g/mol. The maximum atomic E-state index is 13.7. The van der Waals surface area contributed by atoms with E-state index in [1.165, 1.54) is 6.33 Å². The molecule has 2 fully saturated rings. The maximum absolute atomic E-state index is 13.7. The first-order valence-electron chi connectivity index (χ1n) is 11.9. The van der Waals surface area contributed by atoms with Gasteiger partial charge in [0.15, 0.2) is 11.6 Å². The molecular formula is C24H30ClN7O3. The van der Waals surface area contributed by atoms with Crippen molar-refractivity contribution in [2.75, 3.05) is 23.7 Å². The quantitative estimate of drug-likeness (QED) is 0.591. The summed E-state index contributed by atoms with van der Waals surface area (Å²) in [7, 11) is 0. The molecule has 0 aromatic carbocycles. The van der Waals surface area contributed by atoms with E-state index in [2.05, 4.69) is 51.6 Å². The van der Waals surface area contributed by atoms with Gasteiger partial charge >= 0.3 is 0 Å². The predicted molar refractivity (Wildman–Crippen MR) is 133 cm³/mol. The van der Waals surface area contributed by atoms with Crippen LogP contribution < -0.4 is 21.5 Å². The summed E-state index contributed by atoms with van der Waals surface area (Å²) < 4.78 is 1.61. The number of hydrogen-bond donors (Lipinski definition) is 3. The molecule has 35 heavy (non-hydrogen) atoms. The highest BCUT2D eigenvalue weighted by Gasteiger charge is 2.47. The van der Waals surface area contributed by atoms with Crippen molar-refractivity contribution in [2.24, 2.45) is 5.92 Å². The summed E-state index contributed by atoms with van der Waals surface area (Å²) in [6, 6.07) is 1.64. The zero-order valence-electron chi connectivity index (χ0n) is 20.4. The van der Waals surface area contributed by atoms with Gasteiger partial charge in [-0.1, -0.05) is 11.6 Å². The van der Waals surface area contributed by atoms with Crippen LogP contribution in [0.1, 0.15) is 62.5 Å². The molecule has 0 radical (unpaired) electrons. The number of nitrogens with zero attached hydrogens (tertiary/aromatic N) is 4. The lowest BCUT2D eigenvalue weighted by Crippen LogP contribution is -2.57. The minimum Gasteiger partial charge on any atom is -0.334 e. The van der Waals surface area contributed by atoms with Crippen LogP contribution in [-0.2, 0) is 10.5 Å². The number of rotatable bonds is 4. The molecule has 186 valence electrons. The number of aromatic nitrogens is 3. The van der Waals surface area contributed by atoms with Gasteiger partial charge in [0.1, 0.15) is 28.4 Å². The Morgan fingerprint density at radius 2 is 1.83 bits per heavy atom. The Bertz CT molecular complexity index is 1270. The summed E-state index contributed by atoms with van der Waals surface area (Å²) in [4.78, 5) is 49.4. The number of carbonyl (C=O) groups excluding carboxylic acids is 2. The van der Waals surface area contributed by atoms with E-state index in [1.807, 2.05) is 6.92 Å². The molecule has 0 unspecified atom stereocenters. The normalized spacial score (nSPS) is 19.4. The van der Waals surface area contributed by atoms with Gasteiger partial charge in [0.05, 0.1) is 0 Å². The first-order valence-corrected chi connectivity index (χ1v) is 12.3. The number of halogens is 1. The zero-order chi connectivity index (χ0) is 25.1. The van der Waals surface area contributed by atoms with Gasteiger partial charge in [-0.3, -0.25) is 23.9 Å². The first-order chi connectivity index (χ1) is 16.5. The van der Waals surface area contributed by atoms with Crippen molar-refractivity contribution in [3.8, 4) is 0 Å². The molecule has 0 bridgehead atoms. The Morgan fingerprint density at radius 1 is 1.17 bits per heavy atom. The molecule has 1 saturated carbocycles. The molecule has 0 atom stereocenters. The Kier molecular flexibility index (Phi) is 5.63. The van der Waals surface area contributed by atoms with Crippen molar-refractivity contribution < 1.29 is 9.59 Å². The smallest absolute Gasteiger partial charge is 0.276 e. The van der Waals surface area contributed by atoms with Crippen LogP contribution >= 0.6 is 11.6 Å². The Balaban J connectivity index is 1.48. The van der Waals surface area contributed by atoms with Crippen molar-refractivity contribution in [3.05, 3.63) is 39.0 Å². The van der Waals surface area contributed by atoms with E-state index in [-0.39, 0.29) is 51.2 Å². The van der Waals surface area contributed by atoms with Crippen molar-refractivity contribution in [1.29, 1.82) is 0 Å². The fourth-order valence-corrected chi connectivity index (χ4v) is 5.17. The SMILES string of the molecule is Cc1cc(Nc2ncnc(NC(=O)C3CC3)c2Cl)c(=O)n2c1C(=O)NC21CCN(C(C)(C)C)CC1. The van der Waals surface area contributed by atoms with E-state index >= 15 is 0 Å². The molecule has 2 aromatic heterocycles. The molecule has 4 heterocycles. The number of hydrogen-bond acceptors (Lipinski definition) is 7. The maximum Gasteiger partial charge on any atom is 0.276 e. The van der Waals surface area contributed by atoms with E-state index in [9.17, 15) is 14.4 Å². The highest BCUT2D eigenvalue weighted by molar-refractivity contribution is 6.35. The third-order valence-corrected chi connectivity index (χ3v) is 7.51. The Morgan fingerprint density at radius 3 is 2.46 bits per heavy atom. The Labute approximate surface area is 208 Å². The third-order valence-electron chi connectivity index (χ3n) is 7.15. The molecule has 2 amide bonds. The van der Waals surface area contributed by atoms with E-state index in [0.717, 1.165) is 25.9 Å². The second-order valence-electron chi connectivity index (χ2n) is 10.6. The van der Waals surface area contributed by atoms with Crippen molar-refractivity contribution >= 4 is 40.7 Å². The van der Waals surface area contributed by atoms with Gasteiger partial charge in [-0.2, -0.15) is 0 Å². The lowest BCUT2D eigenvalue weighted by Gasteiger charge is -2.45. The highest BCUT2D eigenvalue weighted by atomic mass is 35.5. The molecule has 2 aromatic rings. The lowest BCUT2D eigenvalue weighted by atomic mass is 9.93. The van der Waals surface area contributed by atoms with E-state index in [4.69, 9.17) is 11.6 Å². The number of nitrogens with one attached hydrogen (secondary N) is 3. The number of pyridine rings is 1. The van der Waals surface area contributed by atoms with Crippen LogP contribution in [0.3, 0.4) is 0 Å². The molecule has 3 N–H and O–H groups in total. The molecule has 5 rings (SSSR count). The lowest BCUT2D eigenvalue weighted by molar-refractivity contribution is -0.117. The van der Waals surface area contributed by atoms with Crippen LogP contribution in [0.5, 0.6) is 0 Å². The van der Waals surface area contributed by atoms with E-state index in [0.29, 0.717) is 24.1 Å². The fourth-order valence-electron chi connectivity index (χ4n) is 4.98. The molecule has 10 nitrogen and oxygen atoms in total. The highest BCUT2D eigenvalue weighted by Crippen LogP contribution is 2.37. The summed E-state index contributed by atoms with van der Waals surface area (Å²) in [5.74, 6) is 0.0339. The standard InChI is InChI=1S/C24H30ClN7O3/c1-13-11-15(28-18-16(25)19(27-12-26-18)29-20(33)14-5-6-14)22(35)32-17(13)21(34)30-24(32)7-9-31(10-8-24)23(2,3)4/h11-12,14H,5-10H2,1-4H3,(H,30,34)(H2,26,27,28,29,33). The van der Waals surface area contributed by atoms with Crippen molar-refractivity contribution in [3.63, 3.8) is 0 Å². The zero-order valence-corrected chi connectivity index (χ0v) is 21.1. The van der Waals surface area contributed by atoms with Crippen molar-refractivity contribution in [2.45, 2.75) is 64.6 Å². The predicted octanol–water partition coefficient (Wildman–Crippen LogP) is 2.98. The van der Waals surface area contributed by atoms with Crippen LogP contribution in [0, 0.1) is 12.8 Å². The molecule has 11 heteroatoms. The molecule has 1 spiro atoms. The number of carbonyl (C=O) groups is 2. The number of likely N-dealkylation sites (tertiary alicyclic amines) is 1. The third kappa shape index (κ3) is 4.18. The number of anilines is 3. The van der Waals surface area contributed by atoms with Crippen LogP contribution in [0.15, 0.2) is 17.2 Å². The van der Waals surface area contributed by atoms with Crippen LogP contribution in [0.4, 0.5) is 17.3 Å². The minimum absolute atomic E-state index is 0.00706. The number of fused-ring (bicyclic) bond motifs is 2. The number of aryl methyl sites for hydroxylation is 1. The molecule has 2 aliphatic heterocycles. The largest absolute Gasteiger partial charge is 0.334 e. The van der Waals surface area contributed by atoms with Gasteiger partial charge in [0.25, 0.3) is 11.5 Å². The van der Waals surface area contributed by atoms with Crippen LogP contribution in [-0.4, -0.2) is 49.9 Å². The summed E-state index contributed by atoms with van der Waals surface area (Å²) in [5.41, 5.74) is 0.218. The van der Waals surface area contributed by atoms with Gasteiger partial charge in [-0.15, -0.1) is 0 Å². The fraction of sp³-hybridized carbons (Fsp3) is 0.542. The first kappa shape index (κ1) is 23.7. The second-order valence-corrected chi connectivity index (χ2v) is 11.0. The van der Waals surface area contributed by atoms with Gasteiger partial charge in [-0.25, -0.2) is 9.97 Å². The van der Waals surface area contributed by atoms with Gasteiger partial charge < -0.3 is 16.0 Å². The number of amides is 2. The molecule has 3 aliphatic rings. The topological polar surface area (TPSA) is 121 Å². The minimum atomic E-state index is -0.771. The Hall–Kier alpha value is -2.98. The van der Waals surface area contributed by atoms with Crippen LogP contribution in [0.25, 0.3) is 0 Å². The summed E-state index contributed by atoms with van der Waals surface area (Å²) in [5, 5.41) is 8.98. The van der Waals surface area contributed by atoms with E-state index in [1.54, 1.807) is 10.6 Å².